The Balaban J connectivity index is 1.43. The van der Waals surface area contributed by atoms with Crippen LogP contribution in [0.15, 0.2) is 82.6 Å². The minimum Gasteiger partial charge on any atom is -0.496 e. The number of aromatic nitrogens is 1. The Bertz CT molecular complexity index is 1730. The molecule has 0 bridgehead atoms. The molecule has 208 valence electrons. The first-order valence-electron chi connectivity index (χ1n) is 12.8. The van der Waals surface area contributed by atoms with Crippen LogP contribution < -0.4 is 19.8 Å². The van der Waals surface area contributed by atoms with E-state index >= 15 is 0 Å². The molecule has 0 aliphatic carbocycles. The van der Waals surface area contributed by atoms with Crippen LogP contribution in [0, 0.1) is 12.8 Å². The van der Waals surface area contributed by atoms with Crippen molar-refractivity contribution in [1.29, 1.82) is 0 Å². The number of aryl methyl sites for hydroxylation is 1. The summed E-state index contributed by atoms with van der Waals surface area (Å²) in [5.74, 6) is -1.97. The van der Waals surface area contributed by atoms with Crippen LogP contribution in [-0.2, 0) is 20.9 Å². The van der Waals surface area contributed by atoms with Gasteiger partial charge in [-0.2, -0.15) is 0 Å². The number of ether oxygens (including phenoxy) is 1. The molecule has 1 aromatic heterocycles. The van der Waals surface area contributed by atoms with Gasteiger partial charge in [0, 0.05) is 27.1 Å². The number of fused-ring (bicyclic) bond motifs is 2. The zero-order valence-corrected chi connectivity index (χ0v) is 24.4. The lowest BCUT2D eigenvalue weighted by Crippen LogP contribution is -2.33. The first-order valence-corrected chi connectivity index (χ1v) is 14.9. The maximum absolute atomic E-state index is 14.0. The summed E-state index contributed by atoms with van der Waals surface area (Å²) >= 11 is 8.21. The Labute approximate surface area is 248 Å². The molecule has 3 heterocycles. The third-order valence-electron chi connectivity index (χ3n) is 7.25. The van der Waals surface area contributed by atoms with E-state index in [0.29, 0.717) is 37.6 Å². The van der Waals surface area contributed by atoms with Crippen LogP contribution in [0.25, 0.3) is 0 Å². The number of para-hydroxylation sites is 1. The zero-order valence-electron chi connectivity index (χ0n) is 22.0. The highest BCUT2D eigenvalue weighted by Crippen LogP contribution is 2.55. The topological polar surface area (TPSA) is 97.7 Å². The van der Waals surface area contributed by atoms with Crippen molar-refractivity contribution in [1.82, 2.24) is 4.57 Å². The van der Waals surface area contributed by atoms with Crippen LogP contribution in [0.5, 0.6) is 5.75 Å². The number of halogens is 1. The number of benzene rings is 3. The third kappa shape index (κ3) is 4.86. The van der Waals surface area contributed by atoms with Crippen molar-refractivity contribution in [3.63, 3.8) is 0 Å². The van der Waals surface area contributed by atoms with Crippen molar-refractivity contribution in [2.45, 2.75) is 29.7 Å². The van der Waals surface area contributed by atoms with Crippen LogP contribution in [0.3, 0.4) is 0 Å². The fourth-order valence-electron chi connectivity index (χ4n) is 5.34. The predicted octanol–water partition coefficient (Wildman–Crippen LogP) is 5.31. The lowest BCUT2D eigenvalue weighted by Gasteiger charge is -2.31. The van der Waals surface area contributed by atoms with Crippen molar-refractivity contribution in [3.05, 3.63) is 103 Å². The number of carbonyl (C=O) groups is 3. The lowest BCUT2D eigenvalue weighted by atomic mass is 9.82. The molecule has 8 nitrogen and oxygen atoms in total. The molecule has 1 fully saturated rings. The summed E-state index contributed by atoms with van der Waals surface area (Å²) in [7, 11) is 1.54. The fraction of sp³-hybridized carbons (Fsp3) is 0.200. The first kappa shape index (κ1) is 27.3. The van der Waals surface area contributed by atoms with E-state index in [2.05, 4.69) is 5.32 Å². The Morgan fingerprint density at radius 3 is 2.39 bits per heavy atom. The maximum Gasteiger partial charge on any atom is 0.308 e. The molecule has 6 rings (SSSR count). The van der Waals surface area contributed by atoms with Crippen molar-refractivity contribution >= 4 is 63.8 Å². The van der Waals surface area contributed by atoms with Gasteiger partial charge in [0.2, 0.25) is 17.7 Å². The van der Waals surface area contributed by atoms with E-state index in [1.807, 2.05) is 37.3 Å². The number of imide groups is 1. The van der Waals surface area contributed by atoms with E-state index in [0.717, 1.165) is 16.9 Å². The molecular formula is C30H24ClN3O5S2. The Morgan fingerprint density at radius 1 is 0.976 bits per heavy atom. The summed E-state index contributed by atoms with van der Waals surface area (Å²) < 4.78 is 7.05. The molecule has 0 saturated carbocycles. The quantitative estimate of drug-likeness (QED) is 0.299. The normalized spacial score (nSPS) is 19.6. The molecule has 3 amide bonds. The highest BCUT2D eigenvalue weighted by molar-refractivity contribution is 8.00. The van der Waals surface area contributed by atoms with Gasteiger partial charge in [0.1, 0.15) is 17.5 Å². The van der Waals surface area contributed by atoms with Gasteiger partial charge in [0.05, 0.1) is 23.7 Å². The number of rotatable bonds is 6. The van der Waals surface area contributed by atoms with Gasteiger partial charge in [-0.3, -0.25) is 23.7 Å². The summed E-state index contributed by atoms with van der Waals surface area (Å²) in [6.45, 7) is 1.72. The van der Waals surface area contributed by atoms with Crippen molar-refractivity contribution in [2.24, 2.45) is 5.92 Å². The summed E-state index contributed by atoms with van der Waals surface area (Å²) in [5.41, 5.74) is 2.80. The van der Waals surface area contributed by atoms with E-state index < -0.39 is 17.1 Å². The smallest absolute Gasteiger partial charge is 0.308 e. The van der Waals surface area contributed by atoms with E-state index in [4.69, 9.17) is 16.3 Å². The highest BCUT2D eigenvalue weighted by Gasteiger charge is 2.57. The summed E-state index contributed by atoms with van der Waals surface area (Å²) in [5, 5.41) is 3.03. The SMILES string of the molecule is COc1ccccc1[C@H]1c2sc(=O)n(CC(=O)Nc3ccc(C)cc3)c2SC2C(=O)N(c3ccc(Cl)cc3)C(=O)C21. The number of thiazole rings is 1. The van der Waals surface area contributed by atoms with Crippen LogP contribution >= 0.6 is 34.7 Å². The molecule has 2 aliphatic heterocycles. The number of nitrogens with zero attached hydrogens (tertiary/aromatic N) is 2. The molecule has 4 aromatic rings. The number of amides is 3. The zero-order chi connectivity index (χ0) is 28.8. The van der Waals surface area contributed by atoms with Gasteiger partial charge in [0.15, 0.2) is 0 Å². The predicted molar refractivity (Wildman–Crippen MR) is 160 cm³/mol. The number of carbonyl (C=O) groups excluding carboxylic acids is 3. The van der Waals surface area contributed by atoms with Gasteiger partial charge in [0.25, 0.3) is 0 Å². The van der Waals surface area contributed by atoms with Gasteiger partial charge in [-0.05, 0) is 49.4 Å². The molecule has 0 spiro atoms. The molecule has 2 unspecified atom stereocenters. The number of nitrogens with one attached hydrogen (secondary N) is 1. The number of anilines is 2. The first-order chi connectivity index (χ1) is 19.8. The van der Waals surface area contributed by atoms with Crippen LogP contribution in [0.4, 0.5) is 11.4 Å². The molecule has 3 atom stereocenters. The average molecular weight is 606 g/mol. The Kier molecular flexibility index (Phi) is 7.23. The van der Waals surface area contributed by atoms with Gasteiger partial charge in [-0.25, -0.2) is 4.90 Å². The van der Waals surface area contributed by atoms with Crippen LogP contribution in [0.1, 0.15) is 21.9 Å². The molecule has 2 aliphatic rings. The monoisotopic (exact) mass is 605 g/mol. The summed E-state index contributed by atoms with van der Waals surface area (Å²) in [6, 6.07) is 21.2. The minimum atomic E-state index is -0.805. The molecule has 11 heteroatoms. The molecule has 0 radical (unpaired) electrons. The van der Waals surface area contributed by atoms with Gasteiger partial charge < -0.3 is 10.1 Å². The van der Waals surface area contributed by atoms with Gasteiger partial charge >= 0.3 is 4.87 Å². The second-order valence-corrected chi connectivity index (χ2v) is 12.4. The van der Waals surface area contributed by atoms with Gasteiger partial charge in [-0.1, -0.05) is 70.6 Å². The summed E-state index contributed by atoms with van der Waals surface area (Å²) in [6.07, 6.45) is 0. The van der Waals surface area contributed by atoms with Crippen molar-refractivity contribution < 1.29 is 19.1 Å². The van der Waals surface area contributed by atoms with E-state index in [1.165, 1.54) is 21.2 Å². The lowest BCUT2D eigenvalue weighted by molar-refractivity contribution is -0.122. The van der Waals surface area contributed by atoms with E-state index in [-0.39, 0.29) is 29.1 Å². The maximum atomic E-state index is 14.0. The standard InChI is InChI=1S/C30H24ClN3O5S2/c1-16-7-11-18(12-8-16)32-22(35)15-33-29-26(41-30(33)38)23(20-5-3-4-6-21(20)39-2)24-25(40-29)28(37)34(27(24)36)19-13-9-17(31)10-14-19/h3-14,23-25H,15H2,1-2H3,(H,32,35)/t23-,24?,25?/m1/s1. The van der Waals surface area contributed by atoms with Crippen molar-refractivity contribution in [3.8, 4) is 5.75 Å². The highest BCUT2D eigenvalue weighted by atomic mass is 35.5. The number of methoxy groups -OCH3 is 1. The Morgan fingerprint density at radius 2 is 1.68 bits per heavy atom. The Hall–Kier alpha value is -3.86. The second-order valence-electron chi connectivity index (χ2n) is 9.81. The number of hydrogen-bond acceptors (Lipinski definition) is 7. The van der Waals surface area contributed by atoms with E-state index in [9.17, 15) is 19.2 Å². The third-order valence-corrected chi connectivity index (χ3v) is 10.1. The van der Waals surface area contributed by atoms with Crippen molar-refractivity contribution in [2.75, 3.05) is 17.3 Å². The average Bonchev–Trinajstić information content (AvgIpc) is 3.41. The van der Waals surface area contributed by atoms with E-state index in [1.54, 1.807) is 49.6 Å². The van der Waals surface area contributed by atoms with Gasteiger partial charge in [-0.15, -0.1) is 0 Å². The van der Waals surface area contributed by atoms with Crippen LogP contribution in [-0.4, -0.2) is 34.6 Å². The molecule has 1 saturated heterocycles. The largest absolute Gasteiger partial charge is 0.496 e. The fourth-order valence-corrected chi connectivity index (χ4v) is 8.23. The summed E-state index contributed by atoms with van der Waals surface area (Å²) in [4.78, 5) is 55.7. The molecule has 3 aromatic carbocycles. The number of hydrogen-bond donors (Lipinski definition) is 1. The number of thioether (sulfide) groups is 1. The molecular weight excluding hydrogens is 582 g/mol. The minimum absolute atomic E-state index is 0.232. The molecule has 41 heavy (non-hydrogen) atoms. The van der Waals surface area contributed by atoms with Crippen LogP contribution in [0.2, 0.25) is 5.02 Å². The molecule has 1 N–H and O–H groups in total. The second kappa shape index (κ2) is 10.8.